The van der Waals surface area contributed by atoms with Gasteiger partial charge < -0.3 is 14.6 Å². The summed E-state index contributed by atoms with van der Waals surface area (Å²) in [5.74, 6) is 1.03. The molecule has 5 nitrogen and oxygen atoms in total. The van der Waals surface area contributed by atoms with Gasteiger partial charge in [-0.05, 0) is 24.8 Å². The lowest BCUT2D eigenvalue weighted by Crippen LogP contribution is -2.29. The van der Waals surface area contributed by atoms with Crippen LogP contribution in [0.1, 0.15) is 41.1 Å². The summed E-state index contributed by atoms with van der Waals surface area (Å²) >= 11 is 0. The molecular weight excluding hydrogens is 292 g/mol. The normalized spacial score (nSPS) is 22.0. The Hall–Kier alpha value is -2.14. The van der Waals surface area contributed by atoms with Crippen molar-refractivity contribution in [2.24, 2.45) is 5.92 Å². The molecular formula is C18H20N2O3. The number of ether oxygens (including phenoxy) is 1. The summed E-state index contributed by atoms with van der Waals surface area (Å²) in [6.45, 7) is 2.14. The summed E-state index contributed by atoms with van der Waals surface area (Å²) in [4.78, 5) is 12.2. The van der Waals surface area contributed by atoms with Crippen LogP contribution in [0.5, 0.6) is 0 Å². The lowest BCUT2D eigenvalue weighted by Gasteiger charge is -2.11. The Bertz CT molecular complexity index is 685. The number of nitrogens with one attached hydrogen (secondary N) is 1. The van der Waals surface area contributed by atoms with Gasteiger partial charge in [-0.25, -0.2) is 0 Å². The maximum Gasteiger partial charge on any atom is 0.273 e. The van der Waals surface area contributed by atoms with E-state index < -0.39 is 0 Å². The highest BCUT2D eigenvalue weighted by molar-refractivity contribution is 5.92. The predicted octanol–water partition coefficient (Wildman–Crippen LogP) is 2.52. The van der Waals surface area contributed by atoms with Crippen LogP contribution in [0.4, 0.5) is 0 Å². The molecule has 2 aliphatic rings. The molecule has 1 amide bonds. The molecule has 1 aromatic heterocycles. The van der Waals surface area contributed by atoms with Crippen molar-refractivity contribution in [3.8, 4) is 0 Å². The van der Waals surface area contributed by atoms with Gasteiger partial charge >= 0.3 is 0 Å². The molecule has 1 unspecified atom stereocenters. The molecule has 1 aliphatic carbocycles. The smallest absolute Gasteiger partial charge is 0.273 e. The molecule has 2 aromatic rings. The van der Waals surface area contributed by atoms with Gasteiger partial charge in [-0.2, -0.15) is 0 Å². The van der Waals surface area contributed by atoms with E-state index in [0.29, 0.717) is 18.2 Å². The third kappa shape index (κ3) is 2.77. The number of benzene rings is 1. The number of nitrogens with zero attached hydrogens (tertiary/aromatic N) is 1. The average molecular weight is 312 g/mol. The molecule has 0 bridgehead atoms. The lowest BCUT2D eigenvalue weighted by molar-refractivity contribution is 0.0935. The number of aromatic nitrogens is 1. The van der Waals surface area contributed by atoms with Crippen molar-refractivity contribution < 1.29 is 14.1 Å². The molecule has 1 aliphatic heterocycles. The summed E-state index contributed by atoms with van der Waals surface area (Å²) < 4.78 is 10.8. The molecule has 5 heteroatoms. The molecule has 2 fully saturated rings. The van der Waals surface area contributed by atoms with E-state index in [1.165, 1.54) is 5.56 Å². The standard InChI is InChI=1S/C18H20N2O3/c21-17(19-11-13-6-9-22-12-13)15-10-16(23-20-15)18(7-8-18)14-4-2-1-3-5-14/h1-5,10,13H,6-9,11-12H2,(H,19,21). The van der Waals surface area contributed by atoms with Crippen LogP contribution >= 0.6 is 0 Å². The fraction of sp³-hybridized carbons (Fsp3) is 0.444. The van der Waals surface area contributed by atoms with Gasteiger partial charge in [0.2, 0.25) is 0 Å². The number of hydrogen-bond donors (Lipinski definition) is 1. The van der Waals surface area contributed by atoms with Gasteiger partial charge in [-0.1, -0.05) is 35.5 Å². The molecule has 1 saturated carbocycles. The predicted molar refractivity (Wildman–Crippen MR) is 84.2 cm³/mol. The molecule has 120 valence electrons. The fourth-order valence-corrected chi connectivity index (χ4v) is 3.24. The van der Waals surface area contributed by atoms with Crippen molar-refractivity contribution in [2.45, 2.75) is 24.7 Å². The van der Waals surface area contributed by atoms with Gasteiger partial charge in [0.1, 0.15) is 5.76 Å². The van der Waals surface area contributed by atoms with Gasteiger partial charge in [-0.3, -0.25) is 4.79 Å². The summed E-state index contributed by atoms with van der Waals surface area (Å²) in [5.41, 5.74) is 1.50. The molecule has 1 saturated heterocycles. The molecule has 1 aromatic carbocycles. The molecule has 23 heavy (non-hydrogen) atoms. The molecule has 1 atom stereocenters. The molecule has 2 heterocycles. The van der Waals surface area contributed by atoms with Crippen molar-refractivity contribution in [2.75, 3.05) is 19.8 Å². The molecule has 0 spiro atoms. The minimum atomic E-state index is -0.171. The number of carbonyl (C=O) groups excluding carboxylic acids is 1. The zero-order valence-electron chi connectivity index (χ0n) is 13.0. The third-order valence-corrected chi connectivity index (χ3v) is 4.87. The number of rotatable bonds is 5. The van der Waals surface area contributed by atoms with Crippen molar-refractivity contribution in [1.82, 2.24) is 10.5 Å². The summed E-state index contributed by atoms with van der Waals surface area (Å²) in [6, 6.07) is 12.1. The van der Waals surface area contributed by atoms with Gasteiger partial charge in [0.15, 0.2) is 5.69 Å². The van der Waals surface area contributed by atoms with E-state index in [1.807, 2.05) is 18.2 Å². The topological polar surface area (TPSA) is 64.4 Å². The molecule has 4 rings (SSSR count). The first-order valence-electron chi connectivity index (χ1n) is 8.17. The third-order valence-electron chi connectivity index (χ3n) is 4.87. The minimum absolute atomic E-state index is 0.0912. The van der Waals surface area contributed by atoms with Crippen molar-refractivity contribution in [3.63, 3.8) is 0 Å². The summed E-state index contributed by atoms with van der Waals surface area (Å²) in [7, 11) is 0. The van der Waals surface area contributed by atoms with Crippen LogP contribution in [0.3, 0.4) is 0 Å². The minimum Gasteiger partial charge on any atom is -0.381 e. The highest BCUT2D eigenvalue weighted by atomic mass is 16.5. The lowest BCUT2D eigenvalue weighted by atomic mass is 9.93. The van der Waals surface area contributed by atoms with Gasteiger partial charge in [0.25, 0.3) is 5.91 Å². The summed E-state index contributed by atoms with van der Waals surface area (Å²) in [5, 5.41) is 6.90. The second kappa shape index (κ2) is 5.81. The van der Waals surface area contributed by atoms with Crippen LogP contribution in [0.15, 0.2) is 40.9 Å². The number of amides is 1. The van der Waals surface area contributed by atoms with E-state index in [1.54, 1.807) is 6.07 Å². The highest BCUT2D eigenvalue weighted by Crippen LogP contribution is 2.53. The first-order valence-corrected chi connectivity index (χ1v) is 8.17. The maximum absolute atomic E-state index is 12.2. The van der Waals surface area contributed by atoms with Crippen LogP contribution in [-0.2, 0) is 10.2 Å². The molecule has 1 N–H and O–H groups in total. The zero-order chi connectivity index (χ0) is 15.7. The number of hydrogen-bond acceptors (Lipinski definition) is 4. The van der Waals surface area contributed by atoms with E-state index in [-0.39, 0.29) is 11.3 Å². The first-order chi connectivity index (χ1) is 11.3. The molecule has 0 radical (unpaired) electrons. The van der Waals surface area contributed by atoms with Gasteiger partial charge in [0, 0.05) is 25.1 Å². The Labute approximate surface area is 135 Å². The van der Waals surface area contributed by atoms with Crippen molar-refractivity contribution in [1.29, 1.82) is 0 Å². The first kappa shape index (κ1) is 14.5. The van der Waals surface area contributed by atoms with Crippen LogP contribution in [0.2, 0.25) is 0 Å². The second-order valence-electron chi connectivity index (χ2n) is 6.46. The second-order valence-corrected chi connectivity index (χ2v) is 6.46. The van der Waals surface area contributed by atoms with Crippen molar-refractivity contribution in [3.05, 3.63) is 53.4 Å². The summed E-state index contributed by atoms with van der Waals surface area (Å²) in [6.07, 6.45) is 3.07. The quantitative estimate of drug-likeness (QED) is 0.921. The van der Waals surface area contributed by atoms with Crippen LogP contribution in [0, 0.1) is 5.92 Å². The Balaban J connectivity index is 1.45. The van der Waals surface area contributed by atoms with E-state index in [0.717, 1.165) is 38.2 Å². The van der Waals surface area contributed by atoms with E-state index in [4.69, 9.17) is 9.26 Å². The van der Waals surface area contributed by atoms with Crippen molar-refractivity contribution >= 4 is 5.91 Å². The van der Waals surface area contributed by atoms with Gasteiger partial charge in [-0.15, -0.1) is 0 Å². The maximum atomic E-state index is 12.2. The van der Waals surface area contributed by atoms with E-state index >= 15 is 0 Å². The SMILES string of the molecule is O=C(NCC1CCOC1)c1cc(C2(c3ccccc3)CC2)on1. The average Bonchev–Trinajstić information content (AvgIpc) is 3.02. The van der Waals surface area contributed by atoms with E-state index in [9.17, 15) is 4.79 Å². The van der Waals surface area contributed by atoms with E-state index in [2.05, 4.69) is 22.6 Å². The number of carbonyl (C=O) groups is 1. The largest absolute Gasteiger partial charge is 0.381 e. The zero-order valence-corrected chi connectivity index (χ0v) is 13.0. The highest BCUT2D eigenvalue weighted by Gasteiger charge is 2.49. The fourth-order valence-electron chi connectivity index (χ4n) is 3.24. The Kier molecular flexibility index (Phi) is 3.65. The van der Waals surface area contributed by atoms with Crippen LogP contribution in [0.25, 0.3) is 0 Å². The Morgan fingerprint density at radius 2 is 2.13 bits per heavy atom. The Morgan fingerprint density at radius 3 is 2.83 bits per heavy atom. The monoisotopic (exact) mass is 312 g/mol. The Morgan fingerprint density at radius 1 is 1.30 bits per heavy atom. The van der Waals surface area contributed by atoms with Gasteiger partial charge in [0.05, 0.1) is 12.0 Å². The van der Waals surface area contributed by atoms with Crippen LogP contribution in [-0.4, -0.2) is 30.8 Å². The van der Waals surface area contributed by atoms with Crippen LogP contribution < -0.4 is 5.32 Å².